The number of carbonyl (C=O) groups excluding carboxylic acids is 2. The van der Waals surface area contributed by atoms with Crippen LogP contribution in [0.2, 0.25) is 0 Å². The molecule has 4 atom stereocenters. The van der Waals surface area contributed by atoms with Gasteiger partial charge in [0.15, 0.2) is 0 Å². The summed E-state index contributed by atoms with van der Waals surface area (Å²) in [5.41, 5.74) is 14.2. The van der Waals surface area contributed by atoms with Gasteiger partial charge < -0.3 is 20.5 Å². The molecule has 2 saturated heterocycles. The van der Waals surface area contributed by atoms with E-state index < -0.39 is 5.91 Å². The van der Waals surface area contributed by atoms with E-state index in [1.54, 1.807) is 24.3 Å². The molecule has 1 aromatic rings. The molecule has 25 heavy (non-hydrogen) atoms. The molecule has 2 unspecified atom stereocenters. The number of hydrogen-bond donors (Lipinski definition) is 5. The lowest BCUT2D eigenvalue weighted by Gasteiger charge is -2.33. The van der Waals surface area contributed by atoms with Gasteiger partial charge in [-0.2, -0.15) is 5.53 Å². The Kier molecular flexibility index (Phi) is 5.49. The topological polar surface area (TPSA) is 127 Å². The van der Waals surface area contributed by atoms with E-state index in [0.29, 0.717) is 30.9 Å². The van der Waals surface area contributed by atoms with Crippen molar-refractivity contribution >= 4 is 11.8 Å². The summed E-state index contributed by atoms with van der Waals surface area (Å²) >= 11 is 0. The van der Waals surface area contributed by atoms with Gasteiger partial charge >= 0.3 is 0 Å². The van der Waals surface area contributed by atoms with Gasteiger partial charge in [-0.05, 0) is 37.6 Å². The predicted octanol–water partition coefficient (Wildman–Crippen LogP) is -1.19. The lowest BCUT2D eigenvalue weighted by molar-refractivity contribution is -0.126. The molecule has 9 nitrogen and oxygen atoms in total. The minimum atomic E-state index is -0.488. The number of hydrogen-bond acceptors (Lipinski definition) is 7. The molecule has 3 rings (SSSR count). The Hall–Kier alpha value is -2.20. The lowest BCUT2D eigenvalue weighted by atomic mass is 10.0. The number of ether oxygens (including phenoxy) is 2. The van der Waals surface area contributed by atoms with Crippen LogP contribution >= 0.6 is 0 Å². The Bertz CT molecular complexity index is 623. The third kappa shape index (κ3) is 4.26. The highest BCUT2D eigenvalue weighted by molar-refractivity contribution is 5.92. The van der Waals surface area contributed by atoms with Crippen LogP contribution in [0.4, 0.5) is 0 Å². The van der Waals surface area contributed by atoms with Crippen LogP contribution in [0.15, 0.2) is 24.3 Å². The molecule has 2 amide bonds. The van der Waals surface area contributed by atoms with E-state index in [9.17, 15) is 9.59 Å². The Morgan fingerprint density at radius 1 is 1.28 bits per heavy atom. The third-order valence-electron chi connectivity index (χ3n) is 4.37. The molecule has 9 heteroatoms. The molecule has 0 spiro atoms. The summed E-state index contributed by atoms with van der Waals surface area (Å²) in [6, 6.07) is 6.03. The van der Waals surface area contributed by atoms with Gasteiger partial charge in [-0.25, -0.2) is 10.9 Å². The molecular formula is C16H23N5O4. The van der Waals surface area contributed by atoms with E-state index in [-0.39, 0.29) is 30.1 Å². The molecule has 0 bridgehead atoms. The first-order chi connectivity index (χ1) is 12.0. The first kappa shape index (κ1) is 17.6. The summed E-state index contributed by atoms with van der Waals surface area (Å²) in [6.45, 7) is 2.86. The van der Waals surface area contributed by atoms with Crippen LogP contribution < -0.4 is 32.2 Å². The SMILES string of the molecule is CC1NNNC1C(=O)N[C@@H]1CCOC[C@H]1Oc1ccc(C(N)=O)cc1. The quantitative estimate of drug-likeness (QED) is 0.452. The standard InChI is InChI=1S/C16H23N5O4/c1-9-14(20-21-19-9)16(23)18-12-6-7-24-8-13(12)25-11-4-2-10(3-5-11)15(17)22/h2-5,9,12-14,19-21H,6-8H2,1H3,(H2,17,22)(H,18,23)/t9?,12-,13-,14?/m1/s1. The zero-order valence-electron chi connectivity index (χ0n) is 14.0. The number of nitrogens with two attached hydrogens (primary N) is 1. The molecule has 2 fully saturated rings. The van der Waals surface area contributed by atoms with Crippen LogP contribution in [0.5, 0.6) is 5.75 Å². The van der Waals surface area contributed by atoms with Crippen molar-refractivity contribution < 1.29 is 19.1 Å². The van der Waals surface area contributed by atoms with E-state index in [1.165, 1.54) is 0 Å². The molecule has 0 aliphatic carbocycles. The van der Waals surface area contributed by atoms with Gasteiger partial charge in [0, 0.05) is 18.2 Å². The summed E-state index contributed by atoms with van der Waals surface area (Å²) in [7, 11) is 0. The number of nitrogens with one attached hydrogen (secondary N) is 4. The van der Waals surface area contributed by atoms with E-state index in [0.717, 1.165) is 0 Å². The number of carbonyl (C=O) groups is 2. The van der Waals surface area contributed by atoms with E-state index >= 15 is 0 Å². The van der Waals surface area contributed by atoms with Crippen molar-refractivity contribution in [2.24, 2.45) is 5.73 Å². The van der Waals surface area contributed by atoms with Gasteiger partial charge in [0.05, 0.1) is 12.6 Å². The fraction of sp³-hybridized carbons (Fsp3) is 0.500. The maximum atomic E-state index is 12.4. The number of hydrazine groups is 2. The van der Waals surface area contributed by atoms with Crippen LogP contribution in [0.3, 0.4) is 0 Å². The normalized spacial score (nSPS) is 29.2. The average molecular weight is 349 g/mol. The smallest absolute Gasteiger partial charge is 0.248 e. The van der Waals surface area contributed by atoms with Gasteiger partial charge in [0.25, 0.3) is 0 Å². The molecule has 6 N–H and O–H groups in total. The summed E-state index contributed by atoms with van der Waals surface area (Å²) in [4.78, 5) is 23.6. The Balaban J connectivity index is 1.62. The summed E-state index contributed by atoms with van der Waals surface area (Å²) in [5.74, 6) is 0.00288. The predicted molar refractivity (Wildman–Crippen MR) is 89.4 cm³/mol. The zero-order valence-corrected chi connectivity index (χ0v) is 14.0. The fourth-order valence-electron chi connectivity index (χ4n) is 2.87. The molecule has 0 aromatic heterocycles. The Morgan fingerprint density at radius 3 is 2.68 bits per heavy atom. The minimum Gasteiger partial charge on any atom is -0.486 e. The van der Waals surface area contributed by atoms with Crippen LogP contribution in [-0.2, 0) is 9.53 Å². The average Bonchev–Trinajstić information content (AvgIpc) is 3.03. The number of amides is 2. The van der Waals surface area contributed by atoms with E-state index in [2.05, 4.69) is 21.7 Å². The second-order valence-electron chi connectivity index (χ2n) is 6.20. The molecule has 2 heterocycles. The van der Waals surface area contributed by atoms with E-state index in [1.807, 2.05) is 6.92 Å². The molecule has 0 saturated carbocycles. The molecule has 136 valence electrons. The summed E-state index contributed by atoms with van der Waals surface area (Å²) in [5, 5.41) is 3.03. The summed E-state index contributed by atoms with van der Waals surface area (Å²) < 4.78 is 11.4. The van der Waals surface area contributed by atoms with Gasteiger partial charge in [-0.15, -0.1) is 0 Å². The highest BCUT2D eigenvalue weighted by Gasteiger charge is 2.34. The summed E-state index contributed by atoms with van der Waals surface area (Å²) in [6.07, 6.45) is 0.354. The van der Waals surface area contributed by atoms with Crippen molar-refractivity contribution in [1.82, 2.24) is 21.7 Å². The largest absolute Gasteiger partial charge is 0.486 e. The Labute approximate surface area is 145 Å². The van der Waals surface area contributed by atoms with Gasteiger partial charge in [0.1, 0.15) is 17.9 Å². The first-order valence-electron chi connectivity index (χ1n) is 8.25. The molecule has 2 aliphatic rings. The monoisotopic (exact) mass is 349 g/mol. The van der Waals surface area contributed by atoms with Crippen molar-refractivity contribution in [3.05, 3.63) is 29.8 Å². The van der Waals surface area contributed by atoms with Gasteiger partial charge in [-0.1, -0.05) is 0 Å². The molecular weight excluding hydrogens is 326 g/mol. The van der Waals surface area contributed by atoms with E-state index in [4.69, 9.17) is 15.2 Å². The van der Waals surface area contributed by atoms with Gasteiger partial charge in [0.2, 0.25) is 11.8 Å². The highest BCUT2D eigenvalue weighted by Crippen LogP contribution is 2.19. The van der Waals surface area contributed by atoms with Crippen LogP contribution in [-0.4, -0.2) is 49.3 Å². The van der Waals surface area contributed by atoms with Crippen molar-refractivity contribution in [1.29, 1.82) is 0 Å². The Morgan fingerprint density at radius 2 is 2.04 bits per heavy atom. The molecule has 0 radical (unpaired) electrons. The first-order valence-corrected chi connectivity index (χ1v) is 8.25. The lowest BCUT2D eigenvalue weighted by Crippen LogP contribution is -2.56. The van der Waals surface area contributed by atoms with Crippen LogP contribution in [0.25, 0.3) is 0 Å². The second-order valence-corrected chi connectivity index (χ2v) is 6.20. The molecule has 2 aliphatic heterocycles. The third-order valence-corrected chi connectivity index (χ3v) is 4.37. The van der Waals surface area contributed by atoms with Crippen molar-refractivity contribution in [2.75, 3.05) is 13.2 Å². The maximum Gasteiger partial charge on any atom is 0.248 e. The molecule has 1 aromatic carbocycles. The second kappa shape index (κ2) is 7.79. The van der Waals surface area contributed by atoms with Crippen molar-refractivity contribution in [2.45, 2.75) is 37.6 Å². The number of benzene rings is 1. The van der Waals surface area contributed by atoms with Gasteiger partial charge in [-0.3, -0.25) is 9.59 Å². The van der Waals surface area contributed by atoms with Crippen LogP contribution in [0, 0.1) is 0 Å². The highest BCUT2D eigenvalue weighted by atomic mass is 16.5. The fourth-order valence-corrected chi connectivity index (χ4v) is 2.87. The maximum absolute atomic E-state index is 12.4. The number of rotatable bonds is 5. The zero-order chi connectivity index (χ0) is 17.8. The van der Waals surface area contributed by atoms with Crippen molar-refractivity contribution in [3.8, 4) is 5.75 Å². The minimum absolute atomic E-state index is 0.0273. The number of primary amides is 1. The van der Waals surface area contributed by atoms with Crippen LogP contribution in [0.1, 0.15) is 23.7 Å². The van der Waals surface area contributed by atoms with Crippen molar-refractivity contribution in [3.63, 3.8) is 0 Å².